The van der Waals surface area contributed by atoms with Gasteiger partial charge in [-0.2, -0.15) is 0 Å². The van der Waals surface area contributed by atoms with E-state index in [4.69, 9.17) is 4.74 Å². The molecule has 2 aromatic rings. The van der Waals surface area contributed by atoms with E-state index < -0.39 is 0 Å². The number of esters is 1. The van der Waals surface area contributed by atoms with Crippen molar-refractivity contribution in [1.29, 1.82) is 0 Å². The Labute approximate surface area is 143 Å². The predicted molar refractivity (Wildman–Crippen MR) is 94.7 cm³/mol. The molecule has 0 heterocycles. The maximum atomic E-state index is 12.9. The van der Waals surface area contributed by atoms with Crippen LogP contribution in [0, 0.1) is 12.7 Å². The average Bonchev–Trinajstić information content (AvgIpc) is 2.54. The Bertz CT molecular complexity index is 726. The number of aryl methyl sites for hydroxylation is 2. The number of ether oxygens (including phenoxy) is 1. The van der Waals surface area contributed by atoms with Crippen LogP contribution in [0.2, 0.25) is 0 Å². The predicted octanol–water partition coefficient (Wildman–Crippen LogP) is 5.18. The zero-order valence-electron chi connectivity index (χ0n) is 14.4. The number of hydrogen-bond acceptors (Lipinski definition) is 2. The van der Waals surface area contributed by atoms with E-state index in [0.29, 0.717) is 12.2 Å². The van der Waals surface area contributed by atoms with Crippen molar-refractivity contribution in [3.05, 3.63) is 76.6 Å². The van der Waals surface area contributed by atoms with E-state index in [1.807, 2.05) is 39.0 Å². The quantitative estimate of drug-likeness (QED) is 0.415. The summed E-state index contributed by atoms with van der Waals surface area (Å²) < 4.78 is 18.4. The Morgan fingerprint density at radius 3 is 2.50 bits per heavy atom. The largest absolute Gasteiger partial charge is 0.426 e. The van der Waals surface area contributed by atoms with Crippen LogP contribution in [0.3, 0.4) is 0 Å². The monoisotopic (exact) mass is 326 g/mol. The SMILES string of the molecule is CC(C)=CCc1cc(C)ccc1OC(=O)CCc1ccc(F)cc1. The van der Waals surface area contributed by atoms with Crippen molar-refractivity contribution in [1.82, 2.24) is 0 Å². The molecule has 126 valence electrons. The third-order valence-electron chi connectivity index (χ3n) is 3.70. The molecule has 0 aliphatic carbocycles. The highest BCUT2D eigenvalue weighted by Crippen LogP contribution is 2.22. The third kappa shape index (κ3) is 5.65. The van der Waals surface area contributed by atoms with Crippen molar-refractivity contribution in [3.8, 4) is 5.75 Å². The Morgan fingerprint density at radius 2 is 1.83 bits per heavy atom. The fraction of sp³-hybridized carbons (Fsp3) is 0.286. The highest BCUT2D eigenvalue weighted by atomic mass is 19.1. The Morgan fingerprint density at radius 1 is 1.12 bits per heavy atom. The van der Waals surface area contributed by atoms with Gasteiger partial charge in [0.1, 0.15) is 11.6 Å². The Kier molecular flexibility index (Phi) is 6.30. The van der Waals surface area contributed by atoms with E-state index in [1.54, 1.807) is 12.1 Å². The van der Waals surface area contributed by atoms with E-state index in [2.05, 4.69) is 6.08 Å². The zero-order valence-corrected chi connectivity index (χ0v) is 14.4. The van der Waals surface area contributed by atoms with Gasteiger partial charge >= 0.3 is 5.97 Å². The number of carbonyl (C=O) groups excluding carboxylic acids is 1. The highest BCUT2D eigenvalue weighted by Gasteiger charge is 2.10. The number of carbonyl (C=O) groups is 1. The molecule has 0 radical (unpaired) electrons. The molecule has 0 aliphatic rings. The first-order chi connectivity index (χ1) is 11.4. The lowest BCUT2D eigenvalue weighted by atomic mass is 10.1. The molecule has 0 atom stereocenters. The topological polar surface area (TPSA) is 26.3 Å². The molecular weight excluding hydrogens is 303 g/mol. The molecule has 3 heteroatoms. The van der Waals surface area contributed by atoms with Gasteiger partial charge in [-0.25, -0.2) is 4.39 Å². The zero-order chi connectivity index (χ0) is 17.5. The molecule has 0 saturated carbocycles. The summed E-state index contributed by atoms with van der Waals surface area (Å²) in [7, 11) is 0. The van der Waals surface area contributed by atoms with E-state index in [9.17, 15) is 9.18 Å². The smallest absolute Gasteiger partial charge is 0.311 e. The summed E-state index contributed by atoms with van der Waals surface area (Å²) >= 11 is 0. The molecule has 0 aromatic heterocycles. The first-order valence-corrected chi connectivity index (χ1v) is 8.12. The summed E-state index contributed by atoms with van der Waals surface area (Å²) in [6.07, 6.45) is 3.66. The van der Waals surface area contributed by atoms with Crippen molar-refractivity contribution in [2.45, 2.75) is 40.0 Å². The van der Waals surface area contributed by atoms with Crippen LogP contribution in [-0.2, 0) is 17.6 Å². The van der Waals surface area contributed by atoms with Gasteiger partial charge in [-0.05, 0) is 62.9 Å². The maximum absolute atomic E-state index is 12.9. The number of halogens is 1. The van der Waals surface area contributed by atoms with Gasteiger partial charge in [-0.1, -0.05) is 41.5 Å². The second-order valence-electron chi connectivity index (χ2n) is 6.20. The second-order valence-corrected chi connectivity index (χ2v) is 6.20. The van der Waals surface area contributed by atoms with Gasteiger partial charge in [-0.3, -0.25) is 4.79 Å². The van der Waals surface area contributed by atoms with Crippen molar-refractivity contribution < 1.29 is 13.9 Å². The van der Waals surface area contributed by atoms with Gasteiger partial charge in [0, 0.05) is 6.42 Å². The first kappa shape index (κ1) is 17.9. The van der Waals surface area contributed by atoms with Gasteiger partial charge in [0.15, 0.2) is 0 Å². The Balaban J connectivity index is 2.00. The van der Waals surface area contributed by atoms with E-state index >= 15 is 0 Å². The lowest BCUT2D eigenvalue weighted by molar-refractivity contribution is -0.134. The minimum absolute atomic E-state index is 0.265. The lowest BCUT2D eigenvalue weighted by Gasteiger charge is -2.10. The molecule has 2 rings (SSSR count). The van der Waals surface area contributed by atoms with Crippen LogP contribution in [0.25, 0.3) is 0 Å². The fourth-order valence-electron chi connectivity index (χ4n) is 2.35. The minimum Gasteiger partial charge on any atom is -0.426 e. The molecule has 0 unspecified atom stereocenters. The molecule has 0 fully saturated rings. The first-order valence-electron chi connectivity index (χ1n) is 8.12. The fourth-order valence-corrected chi connectivity index (χ4v) is 2.35. The molecule has 2 nitrogen and oxygen atoms in total. The van der Waals surface area contributed by atoms with Crippen LogP contribution >= 0.6 is 0 Å². The third-order valence-corrected chi connectivity index (χ3v) is 3.70. The summed E-state index contributed by atoms with van der Waals surface area (Å²) in [5.41, 5.74) is 4.29. The van der Waals surface area contributed by atoms with Crippen molar-refractivity contribution >= 4 is 5.97 Å². The number of hydrogen-bond donors (Lipinski definition) is 0. The van der Waals surface area contributed by atoms with Gasteiger partial charge in [0.05, 0.1) is 0 Å². The normalized spacial score (nSPS) is 10.3. The summed E-state index contributed by atoms with van der Waals surface area (Å²) in [6, 6.07) is 12.0. The molecule has 0 amide bonds. The van der Waals surface area contributed by atoms with Crippen LogP contribution in [0.4, 0.5) is 4.39 Å². The van der Waals surface area contributed by atoms with Crippen LogP contribution in [0.15, 0.2) is 54.1 Å². The van der Waals surface area contributed by atoms with E-state index in [1.165, 1.54) is 17.7 Å². The lowest BCUT2D eigenvalue weighted by Crippen LogP contribution is -2.10. The van der Waals surface area contributed by atoms with E-state index in [-0.39, 0.29) is 18.2 Å². The highest BCUT2D eigenvalue weighted by molar-refractivity contribution is 5.73. The number of benzene rings is 2. The second kappa shape index (κ2) is 8.44. The van der Waals surface area contributed by atoms with Crippen LogP contribution < -0.4 is 4.74 Å². The minimum atomic E-state index is -0.276. The number of allylic oxidation sites excluding steroid dienone is 2. The van der Waals surface area contributed by atoms with Crippen LogP contribution in [0.5, 0.6) is 5.75 Å². The molecule has 2 aromatic carbocycles. The van der Waals surface area contributed by atoms with Gasteiger partial charge < -0.3 is 4.74 Å². The molecule has 24 heavy (non-hydrogen) atoms. The summed E-state index contributed by atoms with van der Waals surface area (Å²) in [4.78, 5) is 12.1. The molecule has 0 N–H and O–H groups in total. The van der Waals surface area contributed by atoms with Gasteiger partial charge in [0.2, 0.25) is 0 Å². The van der Waals surface area contributed by atoms with Crippen molar-refractivity contribution in [2.75, 3.05) is 0 Å². The average molecular weight is 326 g/mol. The van der Waals surface area contributed by atoms with Crippen LogP contribution in [0.1, 0.15) is 37.0 Å². The standard InChI is InChI=1S/C21H23FO2/c1-15(2)4-9-18-14-16(3)5-12-20(18)24-21(23)13-8-17-6-10-19(22)11-7-17/h4-7,10-12,14H,8-9,13H2,1-3H3. The van der Waals surface area contributed by atoms with Gasteiger partial charge in [-0.15, -0.1) is 0 Å². The van der Waals surface area contributed by atoms with Crippen LogP contribution in [-0.4, -0.2) is 5.97 Å². The Hall–Kier alpha value is -2.42. The molecular formula is C21H23FO2. The van der Waals surface area contributed by atoms with Crippen molar-refractivity contribution in [2.24, 2.45) is 0 Å². The molecule has 0 bridgehead atoms. The maximum Gasteiger partial charge on any atom is 0.311 e. The number of rotatable bonds is 6. The summed E-state index contributed by atoms with van der Waals surface area (Å²) in [5, 5.41) is 0. The van der Waals surface area contributed by atoms with E-state index in [0.717, 1.165) is 23.1 Å². The van der Waals surface area contributed by atoms with Gasteiger partial charge in [0.25, 0.3) is 0 Å². The molecule has 0 saturated heterocycles. The molecule has 0 spiro atoms. The summed E-state index contributed by atoms with van der Waals surface area (Å²) in [6.45, 7) is 6.11. The summed E-state index contributed by atoms with van der Waals surface area (Å²) in [5.74, 6) is 0.0636. The van der Waals surface area contributed by atoms with Crippen molar-refractivity contribution in [3.63, 3.8) is 0 Å². The molecule has 0 aliphatic heterocycles.